The van der Waals surface area contributed by atoms with Crippen molar-refractivity contribution in [1.82, 2.24) is 4.90 Å². The molecule has 1 heterocycles. The molecule has 0 aromatic rings. The van der Waals surface area contributed by atoms with E-state index in [-0.39, 0.29) is 75.7 Å². The molecule has 0 spiro atoms. The van der Waals surface area contributed by atoms with Crippen LogP contribution in [-0.4, -0.2) is 28.0 Å². The fourth-order valence-electron chi connectivity index (χ4n) is 1.16. The first kappa shape index (κ1) is 13.1. The average molecular weight is 211 g/mol. The fourth-order valence-corrected chi connectivity index (χ4v) is 1.42. The van der Waals surface area contributed by atoms with Crippen LogP contribution >= 0.6 is 0 Å². The predicted octanol–water partition coefficient (Wildman–Crippen LogP) is -2.93. The standard InChI is InChI=1S/C7H11NO2S.K/c1-4(2)8-6(9)3-5(11)7(8)10;/h4-5,11H,3H2,1-2H3;/q;+1/p-1. The molecule has 5 heteroatoms. The van der Waals surface area contributed by atoms with E-state index in [4.69, 9.17) is 12.6 Å². The SMILES string of the molecule is CC(C)N1C(=O)CC([S-])C1=O.[K+]. The number of nitrogens with zero attached hydrogens (tertiary/aromatic N) is 1. The Morgan fingerprint density at radius 2 is 2.00 bits per heavy atom. The second-order valence-corrected chi connectivity index (χ2v) is 3.46. The number of carbonyl (C=O) groups excluding carboxylic acids is 2. The summed E-state index contributed by atoms with van der Waals surface area (Å²) in [5.74, 6) is -0.343. The van der Waals surface area contributed by atoms with Crippen LogP contribution in [0.2, 0.25) is 0 Å². The Balaban J connectivity index is 0.00000121. The molecular weight excluding hydrogens is 201 g/mol. The first-order valence-corrected chi connectivity index (χ1v) is 4.03. The monoisotopic (exact) mass is 211 g/mol. The van der Waals surface area contributed by atoms with Gasteiger partial charge < -0.3 is 12.6 Å². The zero-order chi connectivity index (χ0) is 8.59. The zero-order valence-corrected chi connectivity index (χ0v) is 11.5. The van der Waals surface area contributed by atoms with Gasteiger partial charge in [-0.15, -0.1) is 0 Å². The van der Waals surface area contributed by atoms with Crippen molar-refractivity contribution in [1.29, 1.82) is 0 Å². The van der Waals surface area contributed by atoms with Crippen LogP contribution in [0.3, 0.4) is 0 Å². The van der Waals surface area contributed by atoms with Gasteiger partial charge in [-0.1, -0.05) is 5.25 Å². The van der Waals surface area contributed by atoms with Gasteiger partial charge in [-0.05, 0) is 13.8 Å². The maximum absolute atomic E-state index is 11.2. The fraction of sp³-hybridized carbons (Fsp3) is 0.714. The molecule has 0 saturated carbocycles. The van der Waals surface area contributed by atoms with E-state index in [1.54, 1.807) is 0 Å². The van der Waals surface area contributed by atoms with Gasteiger partial charge in [-0.2, -0.15) is 0 Å². The summed E-state index contributed by atoms with van der Waals surface area (Å²) in [5.41, 5.74) is 0. The Morgan fingerprint density at radius 1 is 1.50 bits per heavy atom. The van der Waals surface area contributed by atoms with E-state index in [2.05, 4.69) is 0 Å². The molecular formula is C7H10KNO2S. The molecule has 62 valence electrons. The van der Waals surface area contributed by atoms with E-state index in [1.807, 2.05) is 13.8 Å². The van der Waals surface area contributed by atoms with Crippen molar-refractivity contribution < 1.29 is 61.0 Å². The van der Waals surface area contributed by atoms with Gasteiger partial charge in [0, 0.05) is 12.5 Å². The Labute approximate surface area is 120 Å². The molecule has 12 heavy (non-hydrogen) atoms. The minimum absolute atomic E-state index is 0. The van der Waals surface area contributed by atoms with Gasteiger partial charge >= 0.3 is 51.4 Å². The molecule has 1 aliphatic rings. The van der Waals surface area contributed by atoms with E-state index in [9.17, 15) is 9.59 Å². The molecule has 0 radical (unpaired) electrons. The van der Waals surface area contributed by atoms with Crippen molar-refractivity contribution in [2.75, 3.05) is 0 Å². The summed E-state index contributed by atoms with van der Waals surface area (Å²) in [6.45, 7) is 3.62. The molecule has 2 amide bonds. The Morgan fingerprint density at radius 3 is 2.17 bits per heavy atom. The summed E-state index contributed by atoms with van der Waals surface area (Å²) in [7, 11) is 0. The van der Waals surface area contributed by atoms with Crippen molar-refractivity contribution >= 4 is 24.4 Å². The van der Waals surface area contributed by atoms with Crippen molar-refractivity contribution in [3.63, 3.8) is 0 Å². The van der Waals surface area contributed by atoms with Gasteiger partial charge in [0.05, 0.1) is 0 Å². The number of hydrogen-bond acceptors (Lipinski definition) is 3. The molecule has 3 nitrogen and oxygen atoms in total. The maximum atomic E-state index is 11.2. The van der Waals surface area contributed by atoms with Crippen LogP contribution in [-0.2, 0) is 22.2 Å². The Hall–Kier alpha value is 1.13. The van der Waals surface area contributed by atoms with E-state index >= 15 is 0 Å². The van der Waals surface area contributed by atoms with Gasteiger partial charge in [-0.3, -0.25) is 14.5 Å². The summed E-state index contributed by atoms with van der Waals surface area (Å²) in [4.78, 5) is 23.5. The first-order chi connectivity index (χ1) is 5.04. The summed E-state index contributed by atoms with van der Waals surface area (Å²) in [5, 5.41) is -0.523. The number of carbonyl (C=O) groups is 2. The average Bonchev–Trinajstić information content (AvgIpc) is 2.07. The number of imide groups is 1. The van der Waals surface area contributed by atoms with Crippen molar-refractivity contribution in [3.05, 3.63) is 0 Å². The third-order valence-corrected chi connectivity index (χ3v) is 2.03. The smallest absolute Gasteiger partial charge is 0.779 e. The van der Waals surface area contributed by atoms with Crippen LogP contribution in [0.15, 0.2) is 0 Å². The molecule has 0 N–H and O–H groups in total. The maximum Gasteiger partial charge on any atom is 1.00 e. The zero-order valence-electron chi connectivity index (χ0n) is 7.53. The van der Waals surface area contributed by atoms with Gasteiger partial charge in [0.2, 0.25) is 11.8 Å². The summed E-state index contributed by atoms with van der Waals surface area (Å²) < 4.78 is 0. The molecule has 1 aliphatic heterocycles. The van der Waals surface area contributed by atoms with Crippen LogP contribution in [0.1, 0.15) is 20.3 Å². The van der Waals surface area contributed by atoms with E-state index < -0.39 is 5.25 Å². The Bertz CT molecular complexity index is 208. The second-order valence-electron chi connectivity index (χ2n) is 2.89. The molecule has 1 saturated heterocycles. The number of rotatable bonds is 1. The third-order valence-electron chi connectivity index (χ3n) is 1.66. The number of likely N-dealkylation sites (tertiary alicyclic amines) is 1. The van der Waals surface area contributed by atoms with Crippen LogP contribution in [0.25, 0.3) is 0 Å². The molecule has 1 unspecified atom stereocenters. The molecule has 0 aromatic heterocycles. The third kappa shape index (κ3) is 2.56. The topological polar surface area (TPSA) is 37.4 Å². The molecule has 0 aromatic carbocycles. The van der Waals surface area contributed by atoms with Crippen molar-refractivity contribution in [2.24, 2.45) is 0 Å². The quantitative estimate of drug-likeness (QED) is 0.265. The van der Waals surface area contributed by atoms with E-state index in [0.29, 0.717) is 0 Å². The van der Waals surface area contributed by atoms with E-state index in [0.717, 1.165) is 0 Å². The number of hydrogen-bond donors (Lipinski definition) is 0. The van der Waals surface area contributed by atoms with Crippen LogP contribution in [0.4, 0.5) is 0 Å². The molecule has 1 fully saturated rings. The second kappa shape index (κ2) is 5.12. The summed E-state index contributed by atoms with van der Waals surface area (Å²) >= 11 is 4.79. The van der Waals surface area contributed by atoms with Crippen LogP contribution in [0.5, 0.6) is 0 Å². The van der Waals surface area contributed by atoms with E-state index in [1.165, 1.54) is 4.90 Å². The molecule has 1 atom stereocenters. The van der Waals surface area contributed by atoms with Crippen molar-refractivity contribution in [2.45, 2.75) is 31.6 Å². The summed E-state index contributed by atoms with van der Waals surface area (Å²) in [6, 6.07) is -0.0528. The van der Waals surface area contributed by atoms with Crippen LogP contribution in [0, 0.1) is 0 Å². The van der Waals surface area contributed by atoms with Crippen molar-refractivity contribution in [3.8, 4) is 0 Å². The van der Waals surface area contributed by atoms with Crippen LogP contribution < -0.4 is 51.4 Å². The summed E-state index contributed by atoms with van der Waals surface area (Å²) in [6.07, 6.45) is 0.201. The minimum Gasteiger partial charge on any atom is -0.779 e. The molecule has 1 rings (SSSR count). The predicted molar refractivity (Wildman–Crippen MR) is 42.8 cm³/mol. The van der Waals surface area contributed by atoms with Gasteiger partial charge in [0.15, 0.2) is 0 Å². The molecule has 0 aliphatic carbocycles. The van der Waals surface area contributed by atoms with Gasteiger partial charge in [-0.25, -0.2) is 0 Å². The first-order valence-electron chi connectivity index (χ1n) is 3.55. The number of amides is 2. The Kier molecular flexibility index (Phi) is 5.60. The van der Waals surface area contributed by atoms with Gasteiger partial charge in [0.25, 0.3) is 0 Å². The molecule has 0 bridgehead atoms. The van der Waals surface area contributed by atoms with Gasteiger partial charge in [0.1, 0.15) is 0 Å². The minimum atomic E-state index is -0.523. The normalized spacial score (nSPS) is 23.3. The largest absolute Gasteiger partial charge is 1.00 e.